The molecular formula is C14H19NO2. The predicted molar refractivity (Wildman–Crippen MR) is 65.6 cm³/mol. The summed E-state index contributed by atoms with van der Waals surface area (Å²) in [6.45, 7) is 1.89. The highest BCUT2D eigenvalue weighted by atomic mass is 16.5. The monoisotopic (exact) mass is 233 g/mol. The number of hydrogen-bond donors (Lipinski definition) is 0. The van der Waals surface area contributed by atoms with Crippen LogP contribution in [0.25, 0.3) is 0 Å². The van der Waals surface area contributed by atoms with Crippen molar-refractivity contribution in [3.05, 3.63) is 30.1 Å². The van der Waals surface area contributed by atoms with Crippen LogP contribution in [0.5, 0.6) is 0 Å². The van der Waals surface area contributed by atoms with Gasteiger partial charge in [0.15, 0.2) is 0 Å². The first kappa shape index (κ1) is 12.1. The number of esters is 1. The molecule has 1 atom stereocenters. The number of aromatic nitrogens is 1. The molecule has 0 unspecified atom stereocenters. The maximum Gasteiger partial charge on any atom is 0.313 e. The lowest BCUT2D eigenvalue weighted by Crippen LogP contribution is -2.23. The standard InChI is InChI=1S/C14H19NO2/c1-11(12-7-9-15-10-8-12)14(16)17-13-5-3-2-4-6-13/h7-11,13H,2-6H2,1H3/t11-/m0/s1. The van der Waals surface area contributed by atoms with Crippen LogP contribution in [0.2, 0.25) is 0 Å². The van der Waals surface area contributed by atoms with Gasteiger partial charge >= 0.3 is 5.97 Å². The second-order valence-corrected chi connectivity index (χ2v) is 4.70. The number of carbonyl (C=O) groups is 1. The average molecular weight is 233 g/mol. The van der Waals surface area contributed by atoms with E-state index in [1.807, 2.05) is 19.1 Å². The van der Waals surface area contributed by atoms with Crippen LogP contribution in [0.1, 0.15) is 50.5 Å². The summed E-state index contributed by atoms with van der Waals surface area (Å²) >= 11 is 0. The third-order valence-corrected chi connectivity index (χ3v) is 3.39. The molecule has 3 heteroatoms. The number of hydrogen-bond acceptors (Lipinski definition) is 3. The number of ether oxygens (including phenoxy) is 1. The molecule has 92 valence electrons. The lowest BCUT2D eigenvalue weighted by Gasteiger charge is -2.23. The van der Waals surface area contributed by atoms with Gasteiger partial charge in [0.1, 0.15) is 6.10 Å². The SMILES string of the molecule is C[C@H](C(=O)OC1CCCCC1)c1ccncc1. The Morgan fingerprint density at radius 3 is 2.59 bits per heavy atom. The van der Waals surface area contributed by atoms with Crippen molar-refractivity contribution >= 4 is 5.97 Å². The van der Waals surface area contributed by atoms with Gasteiger partial charge in [-0.1, -0.05) is 6.42 Å². The van der Waals surface area contributed by atoms with Gasteiger partial charge in [-0.3, -0.25) is 9.78 Å². The summed E-state index contributed by atoms with van der Waals surface area (Å²) in [6.07, 6.45) is 9.24. The lowest BCUT2D eigenvalue weighted by atomic mass is 9.97. The van der Waals surface area contributed by atoms with Crippen LogP contribution >= 0.6 is 0 Å². The van der Waals surface area contributed by atoms with E-state index >= 15 is 0 Å². The quantitative estimate of drug-likeness (QED) is 0.753. The van der Waals surface area contributed by atoms with Gasteiger partial charge in [-0.2, -0.15) is 0 Å². The van der Waals surface area contributed by atoms with E-state index in [9.17, 15) is 4.79 Å². The van der Waals surface area contributed by atoms with Gasteiger partial charge in [0.05, 0.1) is 5.92 Å². The molecule has 1 fully saturated rings. The average Bonchev–Trinajstić information content (AvgIpc) is 2.40. The molecule has 1 aliphatic carbocycles. The Labute approximate surface area is 102 Å². The Morgan fingerprint density at radius 2 is 1.94 bits per heavy atom. The summed E-state index contributed by atoms with van der Waals surface area (Å²) < 4.78 is 5.55. The number of rotatable bonds is 3. The molecule has 0 radical (unpaired) electrons. The van der Waals surface area contributed by atoms with E-state index in [1.54, 1.807) is 12.4 Å². The molecule has 1 heterocycles. The molecule has 3 nitrogen and oxygen atoms in total. The molecule has 0 N–H and O–H groups in total. The third kappa shape index (κ3) is 3.29. The van der Waals surface area contributed by atoms with Crippen molar-refractivity contribution in [3.63, 3.8) is 0 Å². The number of carbonyl (C=O) groups excluding carboxylic acids is 1. The van der Waals surface area contributed by atoms with Gasteiger partial charge in [-0.25, -0.2) is 0 Å². The van der Waals surface area contributed by atoms with Crippen LogP contribution < -0.4 is 0 Å². The molecule has 2 rings (SSSR count). The Balaban J connectivity index is 1.91. The molecule has 0 saturated heterocycles. The summed E-state index contributed by atoms with van der Waals surface area (Å²) in [6, 6.07) is 3.74. The highest BCUT2D eigenvalue weighted by Crippen LogP contribution is 2.23. The first-order valence-electron chi connectivity index (χ1n) is 6.38. The Kier molecular flexibility index (Phi) is 4.13. The normalized spacial score (nSPS) is 18.6. The van der Waals surface area contributed by atoms with E-state index in [-0.39, 0.29) is 18.0 Å². The van der Waals surface area contributed by atoms with Crippen molar-refractivity contribution in [2.75, 3.05) is 0 Å². The highest BCUT2D eigenvalue weighted by molar-refractivity contribution is 5.77. The van der Waals surface area contributed by atoms with Crippen molar-refractivity contribution in [1.29, 1.82) is 0 Å². The third-order valence-electron chi connectivity index (χ3n) is 3.39. The van der Waals surface area contributed by atoms with Crippen LogP contribution in [-0.4, -0.2) is 17.1 Å². The van der Waals surface area contributed by atoms with Crippen molar-refractivity contribution in [2.24, 2.45) is 0 Å². The van der Waals surface area contributed by atoms with Gasteiger partial charge < -0.3 is 4.74 Å². The lowest BCUT2D eigenvalue weighted by molar-refractivity contribution is -0.151. The van der Waals surface area contributed by atoms with Crippen LogP contribution in [-0.2, 0) is 9.53 Å². The number of nitrogens with zero attached hydrogens (tertiary/aromatic N) is 1. The van der Waals surface area contributed by atoms with Crippen molar-refractivity contribution in [1.82, 2.24) is 4.98 Å². The Hall–Kier alpha value is -1.38. The van der Waals surface area contributed by atoms with Gasteiger partial charge in [0, 0.05) is 12.4 Å². The predicted octanol–water partition coefficient (Wildman–Crippen LogP) is 3.06. The molecule has 0 aromatic carbocycles. The van der Waals surface area contributed by atoms with Crippen LogP contribution in [0, 0.1) is 0 Å². The van der Waals surface area contributed by atoms with Crippen LogP contribution in [0.4, 0.5) is 0 Å². The van der Waals surface area contributed by atoms with Crippen LogP contribution in [0.15, 0.2) is 24.5 Å². The fourth-order valence-electron chi connectivity index (χ4n) is 2.24. The molecule has 0 spiro atoms. The van der Waals surface area contributed by atoms with Crippen LogP contribution in [0.3, 0.4) is 0 Å². The van der Waals surface area contributed by atoms with E-state index in [0.717, 1.165) is 18.4 Å². The molecule has 1 aromatic rings. The second kappa shape index (κ2) is 5.80. The summed E-state index contributed by atoms with van der Waals surface area (Å²) in [5.74, 6) is -0.303. The maximum atomic E-state index is 12.0. The van der Waals surface area contributed by atoms with E-state index in [1.165, 1.54) is 19.3 Å². The van der Waals surface area contributed by atoms with Gasteiger partial charge in [-0.15, -0.1) is 0 Å². The molecule has 17 heavy (non-hydrogen) atoms. The van der Waals surface area contributed by atoms with Gasteiger partial charge in [0.2, 0.25) is 0 Å². The molecule has 1 aromatic heterocycles. The van der Waals surface area contributed by atoms with E-state index in [4.69, 9.17) is 4.74 Å². The molecule has 0 bridgehead atoms. The minimum Gasteiger partial charge on any atom is -0.462 e. The minimum absolute atomic E-state index is 0.108. The zero-order valence-corrected chi connectivity index (χ0v) is 10.3. The topological polar surface area (TPSA) is 39.2 Å². The zero-order chi connectivity index (χ0) is 12.1. The summed E-state index contributed by atoms with van der Waals surface area (Å²) in [7, 11) is 0. The van der Waals surface area contributed by atoms with Gasteiger partial charge in [0.25, 0.3) is 0 Å². The first-order chi connectivity index (χ1) is 8.27. The van der Waals surface area contributed by atoms with Gasteiger partial charge in [-0.05, 0) is 50.3 Å². The molecule has 1 aliphatic rings. The molecule has 1 saturated carbocycles. The zero-order valence-electron chi connectivity index (χ0n) is 10.3. The molecule has 0 amide bonds. The largest absolute Gasteiger partial charge is 0.462 e. The van der Waals surface area contributed by atoms with E-state index in [0.29, 0.717) is 0 Å². The number of pyridine rings is 1. The fourth-order valence-corrected chi connectivity index (χ4v) is 2.24. The fraction of sp³-hybridized carbons (Fsp3) is 0.571. The second-order valence-electron chi connectivity index (χ2n) is 4.70. The smallest absolute Gasteiger partial charge is 0.313 e. The highest BCUT2D eigenvalue weighted by Gasteiger charge is 2.22. The van der Waals surface area contributed by atoms with Crippen molar-refractivity contribution in [2.45, 2.75) is 51.0 Å². The Morgan fingerprint density at radius 1 is 1.29 bits per heavy atom. The van der Waals surface area contributed by atoms with Crippen molar-refractivity contribution in [3.8, 4) is 0 Å². The Bertz CT molecular complexity index is 358. The maximum absolute atomic E-state index is 12.0. The van der Waals surface area contributed by atoms with Crippen molar-refractivity contribution < 1.29 is 9.53 Å². The summed E-state index contributed by atoms with van der Waals surface area (Å²) in [5, 5.41) is 0. The van der Waals surface area contributed by atoms with E-state index in [2.05, 4.69) is 4.98 Å². The molecule has 0 aliphatic heterocycles. The summed E-state index contributed by atoms with van der Waals surface area (Å²) in [4.78, 5) is 15.9. The summed E-state index contributed by atoms with van der Waals surface area (Å²) in [5.41, 5.74) is 0.973. The first-order valence-corrected chi connectivity index (χ1v) is 6.38. The van der Waals surface area contributed by atoms with E-state index < -0.39 is 0 Å². The minimum atomic E-state index is -0.195. The molecular weight excluding hydrogens is 214 g/mol.